The number of tetrazole rings is 1. The Balaban J connectivity index is 1.32. The van der Waals surface area contributed by atoms with E-state index in [1.54, 1.807) is 33.8 Å². The molecule has 1 saturated carbocycles. The Labute approximate surface area is 175 Å². The average molecular weight is 487 g/mol. The van der Waals surface area contributed by atoms with Crippen molar-refractivity contribution in [3.8, 4) is 0 Å². The molecule has 1 aliphatic carbocycles. The maximum Gasteiger partial charge on any atom is 0.243 e. The van der Waals surface area contributed by atoms with Gasteiger partial charge in [-0.1, -0.05) is 33.8 Å². The molecule has 1 aromatic heterocycles. The molecule has 150 valence electrons. The predicted octanol–water partition coefficient (Wildman–Crippen LogP) is 1.40. The molecule has 1 aromatic carbocycles. The Morgan fingerprint density at radius 3 is 2.64 bits per heavy atom. The van der Waals surface area contributed by atoms with E-state index in [-0.39, 0.29) is 29.6 Å². The fraction of sp³-hybridized carbons (Fsp3) is 0.500. The number of thioether (sulfide) groups is 1. The minimum atomic E-state index is -3.56. The molecule has 1 saturated heterocycles. The number of rotatable bonds is 6. The van der Waals surface area contributed by atoms with Crippen molar-refractivity contribution >= 4 is 43.6 Å². The van der Waals surface area contributed by atoms with Crippen molar-refractivity contribution in [1.82, 2.24) is 29.4 Å². The van der Waals surface area contributed by atoms with Crippen molar-refractivity contribution in [3.63, 3.8) is 0 Å². The zero-order valence-corrected chi connectivity index (χ0v) is 18.2. The molecule has 0 radical (unpaired) electrons. The first kappa shape index (κ1) is 19.8. The molecule has 0 unspecified atom stereocenters. The summed E-state index contributed by atoms with van der Waals surface area (Å²) in [6.07, 6.45) is 2.14. The molecule has 1 amide bonds. The van der Waals surface area contributed by atoms with Gasteiger partial charge in [0.15, 0.2) is 0 Å². The van der Waals surface area contributed by atoms with E-state index in [2.05, 4.69) is 31.5 Å². The summed E-state index contributed by atoms with van der Waals surface area (Å²) >= 11 is 4.63. The van der Waals surface area contributed by atoms with Crippen molar-refractivity contribution in [3.05, 3.63) is 28.7 Å². The van der Waals surface area contributed by atoms with Crippen LogP contribution in [-0.4, -0.2) is 75.7 Å². The minimum Gasteiger partial charge on any atom is -0.339 e. The van der Waals surface area contributed by atoms with Crippen LogP contribution in [0.15, 0.2) is 38.8 Å². The Hall–Kier alpha value is -1.50. The third-order valence-electron chi connectivity index (χ3n) is 4.71. The van der Waals surface area contributed by atoms with Crippen LogP contribution in [0.4, 0.5) is 0 Å². The first-order chi connectivity index (χ1) is 13.4. The third kappa shape index (κ3) is 4.24. The molecule has 28 heavy (non-hydrogen) atoms. The molecule has 9 nitrogen and oxygen atoms in total. The molecule has 2 aliphatic rings. The predicted molar refractivity (Wildman–Crippen MR) is 106 cm³/mol. The van der Waals surface area contributed by atoms with E-state index in [0.717, 1.165) is 12.8 Å². The molecule has 2 fully saturated rings. The first-order valence-electron chi connectivity index (χ1n) is 8.89. The number of aromatic nitrogens is 4. The lowest BCUT2D eigenvalue weighted by molar-refractivity contribution is -0.129. The summed E-state index contributed by atoms with van der Waals surface area (Å²) in [4.78, 5) is 14.5. The van der Waals surface area contributed by atoms with E-state index in [0.29, 0.717) is 28.8 Å². The fourth-order valence-corrected chi connectivity index (χ4v) is 5.87. The summed E-state index contributed by atoms with van der Waals surface area (Å²) in [6, 6.07) is 7.02. The number of halogens is 1. The Bertz CT molecular complexity index is 970. The molecule has 0 bridgehead atoms. The minimum absolute atomic E-state index is 0.0325. The van der Waals surface area contributed by atoms with Crippen LogP contribution in [0, 0.1) is 0 Å². The largest absolute Gasteiger partial charge is 0.339 e. The highest BCUT2D eigenvalue weighted by molar-refractivity contribution is 9.10. The van der Waals surface area contributed by atoms with Crippen molar-refractivity contribution < 1.29 is 13.2 Å². The van der Waals surface area contributed by atoms with Crippen LogP contribution in [0.2, 0.25) is 0 Å². The normalized spacial score (nSPS) is 18.4. The number of benzene rings is 1. The second-order valence-electron chi connectivity index (χ2n) is 6.67. The monoisotopic (exact) mass is 486 g/mol. The van der Waals surface area contributed by atoms with E-state index < -0.39 is 10.0 Å². The Morgan fingerprint density at radius 1 is 1.21 bits per heavy atom. The zero-order chi connectivity index (χ0) is 19.7. The molecule has 4 rings (SSSR count). The van der Waals surface area contributed by atoms with Gasteiger partial charge >= 0.3 is 0 Å². The second-order valence-corrected chi connectivity index (χ2v) is 10.5. The summed E-state index contributed by atoms with van der Waals surface area (Å²) < 4.78 is 29.5. The number of carbonyl (C=O) groups excluding carboxylic acids is 1. The fourth-order valence-electron chi connectivity index (χ4n) is 3.00. The van der Waals surface area contributed by atoms with Crippen molar-refractivity contribution in [2.24, 2.45) is 0 Å². The maximum absolute atomic E-state index is 12.8. The standard InChI is InChI=1S/C16H19BrN6O3S2/c17-12-2-1-3-14(10-12)28(25,26)22-8-6-21(7-9-22)15(24)11-27-16-18-19-20-23(16)13-4-5-13/h1-3,10,13H,4-9,11H2. The summed E-state index contributed by atoms with van der Waals surface area (Å²) in [5.41, 5.74) is 0. The van der Waals surface area contributed by atoms with Crippen LogP contribution in [0.5, 0.6) is 0 Å². The molecular weight excluding hydrogens is 468 g/mol. The highest BCUT2D eigenvalue weighted by Gasteiger charge is 2.31. The summed E-state index contributed by atoms with van der Waals surface area (Å²) in [7, 11) is -3.56. The van der Waals surface area contributed by atoms with Crippen LogP contribution in [0.1, 0.15) is 18.9 Å². The number of nitrogens with zero attached hydrogens (tertiary/aromatic N) is 6. The summed E-state index contributed by atoms with van der Waals surface area (Å²) in [5, 5.41) is 12.3. The third-order valence-corrected chi connectivity index (χ3v) is 8.01. The highest BCUT2D eigenvalue weighted by atomic mass is 79.9. The van der Waals surface area contributed by atoms with Gasteiger partial charge in [-0.25, -0.2) is 13.1 Å². The van der Waals surface area contributed by atoms with Gasteiger partial charge in [0.25, 0.3) is 0 Å². The SMILES string of the molecule is O=C(CSc1nnnn1C1CC1)N1CCN(S(=O)(=O)c2cccc(Br)c2)CC1. The van der Waals surface area contributed by atoms with Gasteiger partial charge in [-0.3, -0.25) is 4.79 Å². The van der Waals surface area contributed by atoms with E-state index in [1.165, 1.54) is 16.1 Å². The van der Waals surface area contributed by atoms with Gasteiger partial charge in [0.05, 0.1) is 16.7 Å². The second kappa shape index (κ2) is 8.09. The van der Waals surface area contributed by atoms with Crippen LogP contribution < -0.4 is 0 Å². The molecule has 2 heterocycles. The maximum atomic E-state index is 12.8. The van der Waals surface area contributed by atoms with Gasteiger partial charge in [-0.05, 0) is 41.5 Å². The molecule has 12 heteroatoms. The molecule has 0 atom stereocenters. The Morgan fingerprint density at radius 2 is 1.96 bits per heavy atom. The quantitative estimate of drug-likeness (QED) is 0.568. The van der Waals surface area contributed by atoms with Crippen molar-refractivity contribution in [2.75, 3.05) is 31.9 Å². The lowest BCUT2D eigenvalue weighted by Gasteiger charge is -2.34. The molecule has 2 aromatic rings. The summed E-state index contributed by atoms with van der Waals surface area (Å²) in [6.45, 7) is 1.32. The number of amides is 1. The molecule has 0 N–H and O–H groups in total. The number of carbonyl (C=O) groups is 1. The first-order valence-corrected chi connectivity index (χ1v) is 12.1. The lowest BCUT2D eigenvalue weighted by atomic mass is 10.3. The molecule has 0 spiro atoms. The number of piperazine rings is 1. The molecular formula is C16H19BrN6O3S2. The zero-order valence-electron chi connectivity index (χ0n) is 14.9. The van der Waals surface area contributed by atoms with Crippen molar-refractivity contribution in [1.29, 1.82) is 0 Å². The van der Waals surface area contributed by atoms with Crippen LogP contribution in [-0.2, 0) is 14.8 Å². The Kier molecular flexibility index (Phi) is 5.72. The van der Waals surface area contributed by atoms with Crippen LogP contribution in [0.25, 0.3) is 0 Å². The van der Waals surface area contributed by atoms with Crippen molar-refractivity contribution in [2.45, 2.75) is 28.9 Å². The highest BCUT2D eigenvalue weighted by Crippen LogP contribution is 2.36. The van der Waals surface area contributed by atoms with E-state index in [9.17, 15) is 13.2 Å². The van der Waals surface area contributed by atoms with E-state index in [1.807, 2.05) is 0 Å². The van der Waals surface area contributed by atoms with E-state index >= 15 is 0 Å². The van der Waals surface area contributed by atoms with Crippen LogP contribution >= 0.6 is 27.7 Å². The van der Waals surface area contributed by atoms with Gasteiger partial charge in [0.2, 0.25) is 21.1 Å². The van der Waals surface area contributed by atoms with E-state index in [4.69, 9.17) is 0 Å². The smallest absolute Gasteiger partial charge is 0.243 e. The number of sulfonamides is 1. The topological polar surface area (TPSA) is 101 Å². The number of hydrogen-bond acceptors (Lipinski definition) is 7. The van der Waals surface area contributed by atoms with Gasteiger partial charge < -0.3 is 4.90 Å². The van der Waals surface area contributed by atoms with Gasteiger partial charge in [0, 0.05) is 30.7 Å². The van der Waals surface area contributed by atoms with Gasteiger partial charge in [0.1, 0.15) is 0 Å². The average Bonchev–Trinajstić information content (AvgIpc) is 3.44. The molecule has 1 aliphatic heterocycles. The van der Waals surface area contributed by atoms with Crippen LogP contribution in [0.3, 0.4) is 0 Å². The van der Waals surface area contributed by atoms with Gasteiger partial charge in [-0.15, -0.1) is 5.10 Å². The van der Waals surface area contributed by atoms with Gasteiger partial charge in [-0.2, -0.15) is 4.31 Å². The number of hydrogen-bond donors (Lipinski definition) is 0. The lowest BCUT2D eigenvalue weighted by Crippen LogP contribution is -2.51. The summed E-state index contributed by atoms with van der Waals surface area (Å²) in [5.74, 6) is 0.209.